The SMILES string of the molecule is Nc1ccc(-c2ccc(Oc3ccc(-c4ccc(Oc5ccc(-c6ccc(N)cc6)cc5C(F)(F)F)cc4)cc3)c(C(F)(F)F)c2)cc1. The van der Waals surface area contributed by atoms with Gasteiger partial charge in [-0.1, -0.05) is 60.7 Å². The molecule has 6 rings (SSSR count). The molecule has 6 aromatic carbocycles. The van der Waals surface area contributed by atoms with Crippen molar-refractivity contribution in [2.45, 2.75) is 12.4 Å². The van der Waals surface area contributed by atoms with Crippen LogP contribution in [0, 0.1) is 0 Å². The van der Waals surface area contributed by atoms with Gasteiger partial charge >= 0.3 is 12.4 Å². The van der Waals surface area contributed by atoms with E-state index in [0.29, 0.717) is 44.8 Å². The van der Waals surface area contributed by atoms with Crippen LogP contribution in [0.3, 0.4) is 0 Å². The second-order valence-electron chi connectivity index (χ2n) is 10.9. The van der Waals surface area contributed by atoms with Crippen LogP contribution in [0.5, 0.6) is 23.0 Å². The van der Waals surface area contributed by atoms with Crippen molar-refractivity contribution >= 4 is 11.4 Å². The summed E-state index contributed by atoms with van der Waals surface area (Å²) < 4.78 is 95.2. The Bertz CT molecular complexity index is 1890. The summed E-state index contributed by atoms with van der Waals surface area (Å²) >= 11 is 0. The van der Waals surface area contributed by atoms with Crippen molar-refractivity contribution in [3.63, 3.8) is 0 Å². The van der Waals surface area contributed by atoms with E-state index in [9.17, 15) is 26.3 Å². The Morgan fingerprint density at radius 3 is 0.938 bits per heavy atom. The van der Waals surface area contributed by atoms with Crippen LogP contribution in [-0.4, -0.2) is 0 Å². The van der Waals surface area contributed by atoms with Crippen molar-refractivity contribution in [1.82, 2.24) is 0 Å². The van der Waals surface area contributed by atoms with Gasteiger partial charge in [-0.05, 0) is 106 Å². The zero-order valence-electron chi connectivity index (χ0n) is 24.9. The van der Waals surface area contributed by atoms with Gasteiger partial charge in [0.05, 0.1) is 11.1 Å². The molecular formula is C38H26F6N2O2. The average Bonchev–Trinajstić information content (AvgIpc) is 3.06. The predicted molar refractivity (Wildman–Crippen MR) is 175 cm³/mol. The van der Waals surface area contributed by atoms with E-state index in [4.69, 9.17) is 20.9 Å². The minimum Gasteiger partial charge on any atom is -0.457 e. The number of ether oxygens (including phenoxy) is 2. The van der Waals surface area contributed by atoms with Crippen LogP contribution in [0.25, 0.3) is 33.4 Å². The molecule has 0 atom stereocenters. The molecule has 0 spiro atoms. The molecule has 48 heavy (non-hydrogen) atoms. The highest BCUT2D eigenvalue weighted by Crippen LogP contribution is 2.42. The maximum Gasteiger partial charge on any atom is 0.420 e. The van der Waals surface area contributed by atoms with E-state index in [0.717, 1.165) is 12.1 Å². The number of benzene rings is 6. The second kappa shape index (κ2) is 12.7. The largest absolute Gasteiger partial charge is 0.457 e. The molecule has 0 fully saturated rings. The van der Waals surface area contributed by atoms with Crippen molar-refractivity contribution in [3.8, 4) is 56.4 Å². The molecule has 0 aliphatic carbocycles. The lowest BCUT2D eigenvalue weighted by atomic mass is 10.0. The maximum atomic E-state index is 14.0. The van der Waals surface area contributed by atoms with E-state index < -0.39 is 23.5 Å². The van der Waals surface area contributed by atoms with Gasteiger partial charge in [0.15, 0.2) is 0 Å². The molecule has 10 heteroatoms. The van der Waals surface area contributed by atoms with Crippen LogP contribution >= 0.6 is 0 Å². The first-order valence-corrected chi connectivity index (χ1v) is 14.5. The second-order valence-corrected chi connectivity index (χ2v) is 10.9. The van der Waals surface area contributed by atoms with Crippen molar-refractivity contribution in [3.05, 3.63) is 145 Å². The van der Waals surface area contributed by atoms with Crippen LogP contribution in [0.2, 0.25) is 0 Å². The normalized spacial score (nSPS) is 11.7. The zero-order chi connectivity index (χ0) is 34.1. The summed E-state index contributed by atoms with van der Waals surface area (Å²) in [5, 5.41) is 0. The number of rotatable bonds is 7. The van der Waals surface area contributed by atoms with Gasteiger partial charge in [0.2, 0.25) is 0 Å². The molecule has 0 amide bonds. The van der Waals surface area contributed by atoms with Gasteiger partial charge in [0.1, 0.15) is 23.0 Å². The molecule has 0 heterocycles. The van der Waals surface area contributed by atoms with Crippen LogP contribution in [0.15, 0.2) is 133 Å². The van der Waals surface area contributed by atoms with E-state index >= 15 is 0 Å². The lowest BCUT2D eigenvalue weighted by molar-refractivity contribution is -0.139. The number of halogens is 6. The summed E-state index contributed by atoms with van der Waals surface area (Å²) in [7, 11) is 0. The molecule has 242 valence electrons. The fourth-order valence-corrected chi connectivity index (χ4v) is 5.08. The van der Waals surface area contributed by atoms with Crippen LogP contribution in [0.1, 0.15) is 11.1 Å². The standard InChI is InChI=1S/C38H26F6N2O2/c39-37(40,41)33-21-27(25-1-11-29(45)12-2-25)9-19-35(33)47-31-15-5-23(6-16-31)24-7-17-32(18-8-24)48-36-20-10-28(22-34(36)38(42,43)44)26-3-13-30(46)14-4-26/h1-22H,45-46H2. The molecule has 0 aliphatic heterocycles. The Morgan fingerprint density at radius 1 is 0.354 bits per heavy atom. The molecule has 0 aliphatic rings. The minimum absolute atomic E-state index is 0.187. The first-order chi connectivity index (χ1) is 22.8. The Hall–Kier alpha value is -5.90. The molecule has 0 saturated heterocycles. The highest BCUT2D eigenvalue weighted by atomic mass is 19.4. The predicted octanol–water partition coefficient (Wildman–Crippen LogP) is 11.5. The Morgan fingerprint density at radius 2 is 0.625 bits per heavy atom. The number of alkyl halides is 6. The van der Waals surface area contributed by atoms with Crippen LogP contribution in [-0.2, 0) is 12.4 Å². The Kier molecular flexibility index (Phi) is 8.49. The van der Waals surface area contributed by atoms with Crippen LogP contribution in [0.4, 0.5) is 37.7 Å². The lowest BCUT2D eigenvalue weighted by Gasteiger charge is -2.16. The molecule has 4 nitrogen and oxygen atoms in total. The molecule has 6 aromatic rings. The molecule has 4 N–H and O–H groups in total. The van der Waals surface area contributed by atoms with Gasteiger partial charge in [-0.25, -0.2) is 0 Å². The fraction of sp³-hybridized carbons (Fsp3) is 0.0526. The summed E-state index contributed by atoms with van der Waals surface area (Å²) in [6, 6.07) is 33.5. The average molecular weight is 657 g/mol. The highest BCUT2D eigenvalue weighted by molar-refractivity contribution is 5.70. The lowest BCUT2D eigenvalue weighted by Crippen LogP contribution is -2.07. The van der Waals surface area contributed by atoms with Crippen molar-refractivity contribution in [2.75, 3.05) is 11.5 Å². The first-order valence-electron chi connectivity index (χ1n) is 14.5. The third kappa shape index (κ3) is 7.23. The highest BCUT2D eigenvalue weighted by Gasteiger charge is 2.36. The number of nitrogens with two attached hydrogens (primary N) is 2. The zero-order valence-corrected chi connectivity index (χ0v) is 24.9. The molecule has 0 aromatic heterocycles. The molecule has 0 radical (unpaired) electrons. The summed E-state index contributed by atoms with van der Waals surface area (Å²) in [5.41, 5.74) is 13.8. The van der Waals surface area contributed by atoms with E-state index in [-0.39, 0.29) is 23.0 Å². The summed E-state index contributed by atoms with van der Waals surface area (Å²) in [4.78, 5) is 0. The first kappa shape index (κ1) is 32.1. The molecule has 0 unspecified atom stereocenters. The maximum absolute atomic E-state index is 14.0. The van der Waals surface area contributed by atoms with Gasteiger partial charge in [0, 0.05) is 11.4 Å². The van der Waals surface area contributed by atoms with E-state index in [1.54, 1.807) is 84.9 Å². The number of anilines is 2. The molecule has 0 bridgehead atoms. The Balaban J connectivity index is 1.18. The van der Waals surface area contributed by atoms with Crippen molar-refractivity contribution in [1.29, 1.82) is 0 Å². The van der Waals surface area contributed by atoms with Crippen molar-refractivity contribution < 1.29 is 35.8 Å². The quantitative estimate of drug-likeness (QED) is 0.133. The van der Waals surface area contributed by atoms with Crippen LogP contribution < -0.4 is 20.9 Å². The summed E-state index contributed by atoms with van der Waals surface area (Å²) in [6.07, 6.45) is -9.33. The summed E-state index contributed by atoms with van der Waals surface area (Å²) in [5.74, 6) is -0.329. The molecular weight excluding hydrogens is 630 g/mol. The van der Waals surface area contributed by atoms with Gasteiger partial charge in [-0.2, -0.15) is 26.3 Å². The topological polar surface area (TPSA) is 70.5 Å². The molecule has 0 saturated carbocycles. The minimum atomic E-state index is -4.66. The van der Waals surface area contributed by atoms with Crippen molar-refractivity contribution in [2.24, 2.45) is 0 Å². The number of nitrogen functional groups attached to an aromatic ring is 2. The van der Waals surface area contributed by atoms with Gasteiger partial charge < -0.3 is 20.9 Å². The van der Waals surface area contributed by atoms with E-state index in [2.05, 4.69) is 0 Å². The monoisotopic (exact) mass is 656 g/mol. The smallest absolute Gasteiger partial charge is 0.420 e. The third-order valence-electron chi connectivity index (χ3n) is 7.56. The van der Waals surface area contributed by atoms with Gasteiger partial charge in [0.25, 0.3) is 0 Å². The number of hydrogen-bond acceptors (Lipinski definition) is 4. The summed E-state index contributed by atoms with van der Waals surface area (Å²) in [6.45, 7) is 0. The van der Waals surface area contributed by atoms with Gasteiger partial charge in [-0.3, -0.25) is 0 Å². The third-order valence-corrected chi connectivity index (χ3v) is 7.56. The van der Waals surface area contributed by atoms with E-state index in [1.807, 2.05) is 0 Å². The fourth-order valence-electron chi connectivity index (χ4n) is 5.08. The Labute approximate surface area is 271 Å². The van der Waals surface area contributed by atoms with Gasteiger partial charge in [-0.15, -0.1) is 0 Å². The van der Waals surface area contributed by atoms with E-state index in [1.165, 1.54) is 36.4 Å². The number of hydrogen-bond donors (Lipinski definition) is 2.